The minimum Gasteiger partial charge on any atom is -0.309 e. The second kappa shape index (κ2) is 10.2. The van der Waals surface area contributed by atoms with E-state index in [0.717, 1.165) is 32.5 Å². The number of allylic oxidation sites excluding steroid dienone is 8. The first-order valence-electron chi connectivity index (χ1n) is 10.6. The van der Waals surface area contributed by atoms with Crippen molar-refractivity contribution in [3.8, 4) is 0 Å². The minimum absolute atomic E-state index is 0.371. The quantitative estimate of drug-likeness (QED) is 0.196. The number of hydrogen-bond donors (Lipinski definition) is 1. The van der Waals surface area contributed by atoms with E-state index in [1.165, 1.54) is 10.8 Å². The molecule has 0 bridgehead atoms. The number of nitrogens with one attached hydrogen (secondary N) is 1. The molecule has 0 radical (unpaired) electrons. The Morgan fingerprint density at radius 1 is 1.00 bits per heavy atom. The smallest absolute Gasteiger partial charge is 0.0612 e. The summed E-state index contributed by atoms with van der Waals surface area (Å²) in [5, 5.41) is 10.8. The first-order valence-corrected chi connectivity index (χ1v) is 11.4. The predicted molar refractivity (Wildman–Crippen MR) is 145 cm³/mol. The molecule has 0 spiro atoms. The standard InChI is InChI=1S/C29H24BrN3/c1-3-5-12-27(31)21(4-2)19-24(16-15-23-10-8-9-18-32-23)33-28-13-7-6-11-25(28)26-17-14-22(30)20-29(26)33/h3-14,16-20,31H,1-2,15H2/b12-5-,21-19+,24-16+,31-27?. The molecule has 1 N–H and O–H groups in total. The van der Waals surface area contributed by atoms with Gasteiger partial charge in [0.1, 0.15) is 0 Å². The van der Waals surface area contributed by atoms with E-state index < -0.39 is 0 Å². The number of halogens is 1. The molecular formula is C29H24BrN3. The summed E-state index contributed by atoms with van der Waals surface area (Å²) in [6.45, 7) is 7.66. The van der Waals surface area contributed by atoms with Gasteiger partial charge in [0.15, 0.2) is 0 Å². The van der Waals surface area contributed by atoms with E-state index in [1.54, 1.807) is 30.5 Å². The van der Waals surface area contributed by atoms with Crippen molar-refractivity contribution in [2.24, 2.45) is 0 Å². The summed E-state index contributed by atoms with van der Waals surface area (Å²) >= 11 is 3.64. The molecule has 0 saturated heterocycles. The molecule has 0 unspecified atom stereocenters. The predicted octanol–water partition coefficient (Wildman–Crippen LogP) is 7.91. The lowest BCUT2D eigenvalue weighted by Gasteiger charge is -2.12. The van der Waals surface area contributed by atoms with Gasteiger partial charge in [0, 0.05) is 44.8 Å². The third-order valence-corrected chi connectivity index (χ3v) is 5.87. The molecule has 162 valence electrons. The summed E-state index contributed by atoms with van der Waals surface area (Å²) in [6.07, 6.45) is 13.5. The lowest BCUT2D eigenvalue weighted by atomic mass is 10.1. The Morgan fingerprint density at radius 2 is 1.79 bits per heavy atom. The number of benzene rings is 2. The average molecular weight is 494 g/mol. The molecule has 2 aromatic carbocycles. The zero-order chi connectivity index (χ0) is 23.2. The zero-order valence-electron chi connectivity index (χ0n) is 18.2. The van der Waals surface area contributed by atoms with Gasteiger partial charge in [-0.2, -0.15) is 0 Å². The van der Waals surface area contributed by atoms with E-state index in [4.69, 9.17) is 5.41 Å². The topological polar surface area (TPSA) is 41.7 Å². The van der Waals surface area contributed by atoms with Crippen molar-refractivity contribution in [1.82, 2.24) is 9.55 Å². The highest BCUT2D eigenvalue weighted by molar-refractivity contribution is 9.10. The number of hydrogen-bond acceptors (Lipinski definition) is 2. The Kier molecular flexibility index (Phi) is 6.96. The lowest BCUT2D eigenvalue weighted by molar-refractivity contribution is 1.10. The maximum Gasteiger partial charge on any atom is 0.0612 e. The molecule has 0 saturated carbocycles. The average Bonchev–Trinajstić information content (AvgIpc) is 3.16. The summed E-state index contributed by atoms with van der Waals surface area (Å²) in [7, 11) is 0. The van der Waals surface area contributed by atoms with Gasteiger partial charge in [-0.25, -0.2) is 0 Å². The fraction of sp³-hybridized carbons (Fsp3) is 0.0345. The first kappa shape index (κ1) is 22.4. The molecule has 33 heavy (non-hydrogen) atoms. The Labute approximate surface area is 202 Å². The Bertz CT molecular complexity index is 1440. The molecule has 0 atom stereocenters. The van der Waals surface area contributed by atoms with E-state index >= 15 is 0 Å². The Balaban J connectivity index is 1.97. The maximum atomic E-state index is 8.49. The number of pyridine rings is 1. The van der Waals surface area contributed by atoms with Crippen LogP contribution in [-0.4, -0.2) is 15.3 Å². The lowest BCUT2D eigenvalue weighted by Crippen LogP contribution is -2.01. The molecule has 4 heteroatoms. The van der Waals surface area contributed by atoms with Gasteiger partial charge in [-0.05, 0) is 42.5 Å². The van der Waals surface area contributed by atoms with Crippen molar-refractivity contribution in [1.29, 1.82) is 5.41 Å². The van der Waals surface area contributed by atoms with Gasteiger partial charge in [0.25, 0.3) is 0 Å². The van der Waals surface area contributed by atoms with Crippen molar-refractivity contribution < 1.29 is 0 Å². The van der Waals surface area contributed by atoms with Crippen LogP contribution in [-0.2, 0) is 6.42 Å². The van der Waals surface area contributed by atoms with Gasteiger partial charge in [-0.15, -0.1) is 0 Å². The molecule has 2 aromatic heterocycles. The van der Waals surface area contributed by atoms with Crippen LogP contribution in [0.15, 0.2) is 127 Å². The van der Waals surface area contributed by atoms with Crippen LogP contribution < -0.4 is 0 Å². The molecule has 4 aromatic rings. The van der Waals surface area contributed by atoms with Gasteiger partial charge >= 0.3 is 0 Å². The second-order valence-electron chi connectivity index (χ2n) is 7.48. The van der Waals surface area contributed by atoms with Crippen LogP contribution in [0.1, 0.15) is 5.69 Å². The van der Waals surface area contributed by atoms with E-state index in [2.05, 4.69) is 87.2 Å². The fourth-order valence-corrected chi connectivity index (χ4v) is 4.18. The highest BCUT2D eigenvalue weighted by atomic mass is 79.9. The highest BCUT2D eigenvalue weighted by Gasteiger charge is 2.14. The molecule has 0 aliphatic rings. The molecule has 3 nitrogen and oxygen atoms in total. The van der Waals surface area contributed by atoms with Crippen LogP contribution in [0.25, 0.3) is 27.5 Å². The van der Waals surface area contributed by atoms with Crippen molar-refractivity contribution >= 4 is 49.1 Å². The molecule has 0 fully saturated rings. The molecular weight excluding hydrogens is 470 g/mol. The molecule has 4 rings (SSSR count). The fourth-order valence-electron chi connectivity index (χ4n) is 3.83. The van der Waals surface area contributed by atoms with E-state index in [9.17, 15) is 0 Å². The van der Waals surface area contributed by atoms with E-state index in [1.807, 2.05) is 24.3 Å². The molecule has 0 aliphatic heterocycles. The number of nitrogens with zero attached hydrogens (tertiary/aromatic N) is 2. The second-order valence-corrected chi connectivity index (χ2v) is 8.40. The Morgan fingerprint density at radius 3 is 2.55 bits per heavy atom. The van der Waals surface area contributed by atoms with Gasteiger partial charge in [-0.1, -0.05) is 83.7 Å². The highest BCUT2D eigenvalue weighted by Crippen LogP contribution is 2.34. The largest absolute Gasteiger partial charge is 0.309 e. The number of fused-ring (bicyclic) bond motifs is 3. The summed E-state index contributed by atoms with van der Waals surface area (Å²) in [5.74, 6) is 0. The van der Waals surface area contributed by atoms with Crippen molar-refractivity contribution in [3.05, 3.63) is 132 Å². The minimum atomic E-state index is 0.371. The Hall–Kier alpha value is -3.76. The summed E-state index contributed by atoms with van der Waals surface area (Å²) in [6, 6.07) is 20.7. The summed E-state index contributed by atoms with van der Waals surface area (Å²) in [4.78, 5) is 4.48. The van der Waals surface area contributed by atoms with Crippen LogP contribution in [0.5, 0.6) is 0 Å². The monoisotopic (exact) mass is 493 g/mol. The number of aromatic nitrogens is 2. The van der Waals surface area contributed by atoms with E-state index in [0.29, 0.717) is 12.1 Å². The van der Waals surface area contributed by atoms with Gasteiger partial charge in [0.2, 0.25) is 0 Å². The van der Waals surface area contributed by atoms with Crippen LogP contribution in [0.4, 0.5) is 0 Å². The van der Waals surface area contributed by atoms with Gasteiger partial charge < -0.3 is 9.98 Å². The summed E-state index contributed by atoms with van der Waals surface area (Å²) in [5.41, 5.74) is 5.22. The number of rotatable bonds is 8. The molecule has 2 heterocycles. The third-order valence-electron chi connectivity index (χ3n) is 5.37. The van der Waals surface area contributed by atoms with Crippen molar-refractivity contribution in [2.75, 3.05) is 0 Å². The van der Waals surface area contributed by atoms with Gasteiger partial charge in [-0.3, -0.25) is 4.98 Å². The van der Waals surface area contributed by atoms with Crippen molar-refractivity contribution in [2.45, 2.75) is 6.42 Å². The van der Waals surface area contributed by atoms with E-state index in [-0.39, 0.29) is 0 Å². The number of para-hydroxylation sites is 1. The summed E-state index contributed by atoms with van der Waals surface area (Å²) < 4.78 is 3.25. The van der Waals surface area contributed by atoms with Gasteiger partial charge in [0.05, 0.1) is 16.7 Å². The first-order chi connectivity index (χ1) is 16.1. The SMILES string of the molecule is C=C/C=C\C(=N)/C(C=C)=C/C(=C\Cc1ccccn1)n1c2ccccc2c2ccc(Br)cc21. The molecule has 0 aliphatic carbocycles. The van der Waals surface area contributed by atoms with Crippen LogP contribution in [0, 0.1) is 5.41 Å². The third kappa shape index (κ3) is 4.86. The van der Waals surface area contributed by atoms with Crippen molar-refractivity contribution in [3.63, 3.8) is 0 Å². The van der Waals surface area contributed by atoms with Crippen LogP contribution >= 0.6 is 15.9 Å². The molecule has 0 amide bonds. The maximum absolute atomic E-state index is 8.49. The van der Waals surface area contributed by atoms with Crippen LogP contribution in [0.3, 0.4) is 0 Å². The zero-order valence-corrected chi connectivity index (χ0v) is 19.8. The normalized spacial score (nSPS) is 12.5. The van der Waals surface area contributed by atoms with Crippen LogP contribution in [0.2, 0.25) is 0 Å².